The van der Waals surface area contributed by atoms with E-state index in [0.29, 0.717) is 33.5 Å². The van der Waals surface area contributed by atoms with E-state index in [1.807, 2.05) is 6.07 Å². The number of fused-ring (bicyclic) bond motifs is 1. The second-order valence-corrected chi connectivity index (χ2v) is 6.54. The summed E-state index contributed by atoms with van der Waals surface area (Å²) >= 11 is 1.29. The highest BCUT2D eigenvalue weighted by atomic mass is 32.1. The number of amides is 3. The zero-order valence-electron chi connectivity index (χ0n) is 15.0. The Kier molecular flexibility index (Phi) is 5.41. The zero-order valence-corrected chi connectivity index (χ0v) is 15.8. The van der Waals surface area contributed by atoms with Crippen molar-refractivity contribution >= 4 is 50.0 Å². The molecular weight excluding hydrogens is 368 g/mol. The molecule has 0 atom stereocenters. The van der Waals surface area contributed by atoms with Gasteiger partial charge in [-0.3, -0.25) is 4.79 Å². The number of aromatic nitrogens is 1. The second kappa shape index (κ2) is 7.92. The molecule has 0 saturated carbocycles. The number of carbonyl (C=O) groups excluding carboxylic acids is 2. The van der Waals surface area contributed by atoms with E-state index in [2.05, 4.69) is 20.9 Å². The molecule has 0 bridgehead atoms. The SMILES string of the molecule is COc1ccccc1NC(=O)Nc1cc(OC)c2nc(NC(C)=O)sc2c1. The first-order chi connectivity index (χ1) is 13.0. The molecule has 27 heavy (non-hydrogen) atoms. The highest BCUT2D eigenvalue weighted by Gasteiger charge is 2.14. The Balaban J connectivity index is 1.83. The van der Waals surface area contributed by atoms with E-state index < -0.39 is 6.03 Å². The number of thiazole rings is 1. The molecule has 140 valence electrons. The van der Waals surface area contributed by atoms with E-state index in [-0.39, 0.29) is 5.91 Å². The van der Waals surface area contributed by atoms with Crippen molar-refractivity contribution in [1.29, 1.82) is 0 Å². The summed E-state index contributed by atoms with van der Waals surface area (Å²) in [6.45, 7) is 1.42. The fourth-order valence-electron chi connectivity index (χ4n) is 2.46. The molecule has 0 unspecified atom stereocenters. The Bertz CT molecular complexity index is 1000. The number of hydrogen-bond acceptors (Lipinski definition) is 6. The van der Waals surface area contributed by atoms with Crippen LogP contribution in [0.4, 0.5) is 21.3 Å². The van der Waals surface area contributed by atoms with Crippen LogP contribution in [-0.2, 0) is 4.79 Å². The minimum Gasteiger partial charge on any atom is -0.495 e. The summed E-state index contributed by atoms with van der Waals surface area (Å²) in [6, 6.07) is 10.1. The summed E-state index contributed by atoms with van der Waals surface area (Å²) in [6.07, 6.45) is 0. The quantitative estimate of drug-likeness (QED) is 0.617. The van der Waals surface area contributed by atoms with Crippen molar-refractivity contribution in [3.8, 4) is 11.5 Å². The highest BCUT2D eigenvalue weighted by Crippen LogP contribution is 2.35. The third-order valence-corrected chi connectivity index (χ3v) is 4.49. The smallest absolute Gasteiger partial charge is 0.323 e. The molecule has 2 aromatic carbocycles. The summed E-state index contributed by atoms with van der Waals surface area (Å²) in [4.78, 5) is 27.9. The maximum Gasteiger partial charge on any atom is 0.323 e. The number of nitrogens with zero attached hydrogens (tertiary/aromatic N) is 1. The van der Waals surface area contributed by atoms with Gasteiger partial charge in [-0.2, -0.15) is 0 Å². The van der Waals surface area contributed by atoms with Crippen molar-refractivity contribution in [1.82, 2.24) is 4.98 Å². The molecule has 0 radical (unpaired) electrons. The van der Waals surface area contributed by atoms with Crippen molar-refractivity contribution in [2.75, 3.05) is 30.2 Å². The molecule has 0 saturated heterocycles. The first kappa shape index (κ1) is 18.5. The van der Waals surface area contributed by atoms with E-state index in [4.69, 9.17) is 9.47 Å². The van der Waals surface area contributed by atoms with Gasteiger partial charge in [0.2, 0.25) is 5.91 Å². The van der Waals surface area contributed by atoms with Crippen LogP contribution in [-0.4, -0.2) is 31.1 Å². The zero-order chi connectivity index (χ0) is 19.4. The van der Waals surface area contributed by atoms with Crippen LogP contribution in [0.5, 0.6) is 11.5 Å². The molecule has 8 nitrogen and oxygen atoms in total. The lowest BCUT2D eigenvalue weighted by Gasteiger charge is -2.11. The van der Waals surface area contributed by atoms with E-state index in [1.165, 1.54) is 32.5 Å². The van der Waals surface area contributed by atoms with Gasteiger partial charge < -0.3 is 25.4 Å². The fraction of sp³-hybridized carbons (Fsp3) is 0.167. The summed E-state index contributed by atoms with van der Waals surface area (Å²) in [5.41, 5.74) is 1.70. The van der Waals surface area contributed by atoms with Crippen LogP contribution in [0.25, 0.3) is 10.2 Å². The first-order valence-electron chi connectivity index (χ1n) is 7.97. The molecule has 0 fully saturated rings. The van der Waals surface area contributed by atoms with E-state index in [0.717, 1.165) is 4.70 Å². The lowest BCUT2D eigenvalue weighted by atomic mass is 10.2. The van der Waals surface area contributed by atoms with Gasteiger partial charge in [-0.05, 0) is 18.2 Å². The number of carbonyl (C=O) groups is 2. The third-order valence-electron chi connectivity index (χ3n) is 3.58. The van der Waals surface area contributed by atoms with E-state index in [9.17, 15) is 9.59 Å². The van der Waals surface area contributed by atoms with Gasteiger partial charge in [-0.25, -0.2) is 9.78 Å². The van der Waals surface area contributed by atoms with Gasteiger partial charge in [0.15, 0.2) is 5.13 Å². The number of methoxy groups -OCH3 is 2. The van der Waals surface area contributed by atoms with Crippen molar-refractivity contribution < 1.29 is 19.1 Å². The molecule has 3 aromatic rings. The van der Waals surface area contributed by atoms with Gasteiger partial charge in [-0.15, -0.1) is 0 Å². The summed E-state index contributed by atoms with van der Waals surface area (Å²) in [5, 5.41) is 8.62. The minimum absolute atomic E-state index is 0.206. The number of ether oxygens (including phenoxy) is 2. The van der Waals surface area contributed by atoms with Gasteiger partial charge in [0.25, 0.3) is 0 Å². The van der Waals surface area contributed by atoms with Gasteiger partial charge in [0, 0.05) is 18.7 Å². The predicted molar refractivity (Wildman–Crippen MR) is 106 cm³/mol. The number of urea groups is 1. The van der Waals surface area contributed by atoms with Gasteiger partial charge in [0.1, 0.15) is 17.0 Å². The standard InChI is InChI=1S/C18H18N4O4S/c1-10(23)19-18-22-16-14(26-3)8-11(9-15(16)27-18)20-17(24)21-12-6-4-5-7-13(12)25-2/h4-9H,1-3H3,(H,19,22,23)(H2,20,21,24). The summed E-state index contributed by atoms with van der Waals surface area (Å²) in [7, 11) is 3.05. The highest BCUT2D eigenvalue weighted by molar-refractivity contribution is 7.22. The Labute approximate surface area is 159 Å². The number of nitrogens with one attached hydrogen (secondary N) is 3. The second-order valence-electron chi connectivity index (χ2n) is 5.50. The van der Waals surface area contributed by atoms with Crippen LogP contribution < -0.4 is 25.4 Å². The number of para-hydroxylation sites is 2. The Hall–Kier alpha value is -3.33. The van der Waals surface area contributed by atoms with Crippen molar-refractivity contribution in [3.63, 3.8) is 0 Å². The molecule has 3 N–H and O–H groups in total. The molecule has 0 aliphatic carbocycles. The lowest BCUT2D eigenvalue weighted by molar-refractivity contribution is -0.114. The molecule has 0 aliphatic heterocycles. The summed E-state index contributed by atoms with van der Waals surface area (Å²) < 4.78 is 11.4. The van der Waals surface area contributed by atoms with Crippen LogP contribution in [0.15, 0.2) is 36.4 Å². The summed E-state index contributed by atoms with van der Waals surface area (Å²) in [5.74, 6) is 0.846. The molecule has 1 heterocycles. The Morgan fingerprint density at radius 1 is 1.00 bits per heavy atom. The van der Waals surface area contributed by atoms with Crippen LogP contribution >= 0.6 is 11.3 Å². The van der Waals surface area contributed by atoms with Crippen LogP contribution in [0, 0.1) is 0 Å². The van der Waals surface area contributed by atoms with Crippen molar-refractivity contribution in [2.24, 2.45) is 0 Å². The predicted octanol–water partition coefficient (Wildman–Crippen LogP) is 3.92. The van der Waals surface area contributed by atoms with Gasteiger partial charge in [0.05, 0.1) is 24.6 Å². The number of hydrogen-bond donors (Lipinski definition) is 3. The maximum atomic E-state index is 12.3. The lowest BCUT2D eigenvalue weighted by Crippen LogP contribution is -2.19. The maximum absolute atomic E-state index is 12.3. The van der Waals surface area contributed by atoms with Crippen LogP contribution in [0.1, 0.15) is 6.92 Å². The molecule has 3 amide bonds. The number of rotatable bonds is 5. The molecular formula is C18H18N4O4S. The normalized spacial score (nSPS) is 10.3. The third kappa shape index (κ3) is 4.26. The monoisotopic (exact) mass is 386 g/mol. The first-order valence-corrected chi connectivity index (χ1v) is 8.79. The number of anilines is 3. The average molecular weight is 386 g/mol. The molecule has 0 aliphatic rings. The van der Waals surface area contributed by atoms with E-state index >= 15 is 0 Å². The topological polar surface area (TPSA) is 102 Å². The molecule has 0 spiro atoms. The Morgan fingerprint density at radius 3 is 2.44 bits per heavy atom. The van der Waals surface area contributed by atoms with Crippen LogP contribution in [0.2, 0.25) is 0 Å². The Morgan fingerprint density at radius 2 is 1.74 bits per heavy atom. The van der Waals surface area contributed by atoms with Gasteiger partial charge in [-0.1, -0.05) is 23.5 Å². The largest absolute Gasteiger partial charge is 0.495 e. The average Bonchev–Trinajstić information content (AvgIpc) is 3.02. The van der Waals surface area contributed by atoms with Gasteiger partial charge >= 0.3 is 6.03 Å². The molecule has 1 aromatic heterocycles. The number of benzene rings is 2. The molecule has 3 rings (SSSR count). The minimum atomic E-state index is -0.424. The van der Waals surface area contributed by atoms with E-state index in [1.54, 1.807) is 30.3 Å². The van der Waals surface area contributed by atoms with Crippen molar-refractivity contribution in [2.45, 2.75) is 6.92 Å². The molecule has 9 heteroatoms. The van der Waals surface area contributed by atoms with Crippen molar-refractivity contribution in [3.05, 3.63) is 36.4 Å². The fourth-order valence-corrected chi connectivity index (χ4v) is 3.43. The van der Waals surface area contributed by atoms with Crippen LogP contribution in [0.3, 0.4) is 0 Å².